The summed E-state index contributed by atoms with van der Waals surface area (Å²) in [5, 5.41) is 4.22. The van der Waals surface area contributed by atoms with E-state index in [1.165, 1.54) is 12.0 Å². The number of hydrogen-bond acceptors (Lipinski definition) is 5. The monoisotopic (exact) mass is 282 g/mol. The van der Waals surface area contributed by atoms with Crippen molar-refractivity contribution in [2.45, 2.75) is 40.3 Å². The number of carbonyl (C=O) groups excluding carboxylic acids is 2. The second kappa shape index (κ2) is 6.40. The van der Waals surface area contributed by atoms with E-state index in [1.54, 1.807) is 11.6 Å². The molecule has 1 heterocycles. The van der Waals surface area contributed by atoms with Gasteiger partial charge in [0.15, 0.2) is 0 Å². The molecule has 0 fully saturated rings. The van der Waals surface area contributed by atoms with Crippen LogP contribution in [-0.2, 0) is 20.9 Å². The van der Waals surface area contributed by atoms with Gasteiger partial charge in [-0.05, 0) is 27.7 Å². The smallest absolute Gasteiger partial charge is 0.325 e. The van der Waals surface area contributed by atoms with Gasteiger partial charge in [0, 0.05) is 6.04 Å². The minimum atomic E-state index is -0.445. The lowest BCUT2D eigenvalue weighted by Gasteiger charge is -2.25. The Bertz CT molecular complexity index is 508. The minimum absolute atomic E-state index is 0.0546. The third-order valence-corrected chi connectivity index (χ3v) is 3.19. The van der Waals surface area contributed by atoms with Crippen molar-refractivity contribution in [3.05, 3.63) is 11.4 Å². The molecular weight excluding hydrogens is 260 g/mol. The zero-order valence-electron chi connectivity index (χ0n) is 12.6. The van der Waals surface area contributed by atoms with Crippen molar-refractivity contribution in [3.8, 4) is 0 Å². The summed E-state index contributed by atoms with van der Waals surface area (Å²) >= 11 is 0. The van der Waals surface area contributed by atoms with Crippen LogP contribution in [0.3, 0.4) is 0 Å². The lowest BCUT2D eigenvalue weighted by atomic mass is 10.3. The van der Waals surface area contributed by atoms with Crippen molar-refractivity contribution in [2.75, 3.05) is 19.4 Å². The Morgan fingerprint density at radius 1 is 1.40 bits per heavy atom. The number of nitrogen functional groups attached to an aromatic ring is 1. The maximum Gasteiger partial charge on any atom is 0.325 e. The summed E-state index contributed by atoms with van der Waals surface area (Å²) in [6.07, 6.45) is 0. The lowest BCUT2D eigenvalue weighted by Crippen LogP contribution is -2.43. The Morgan fingerprint density at radius 3 is 2.40 bits per heavy atom. The molecule has 0 spiro atoms. The van der Waals surface area contributed by atoms with Gasteiger partial charge in [-0.1, -0.05) is 0 Å². The number of amides is 1. The number of hydrogen-bond donors (Lipinski definition) is 1. The van der Waals surface area contributed by atoms with Gasteiger partial charge in [0.2, 0.25) is 5.91 Å². The SMILES string of the molecule is COC(=O)CN(C(=O)Cn1nc(C)c(N)c1C)C(C)C. The number of aryl methyl sites for hydroxylation is 1. The fraction of sp³-hybridized carbons (Fsp3) is 0.615. The molecule has 1 rings (SSSR count). The Kier molecular flexibility index (Phi) is 5.12. The standard InChI is InChI=1S/C13H22N4O3/c1-8(2)16(7-12(19)20-5)11(18)6-17-10(4)13(14)9(3)15-17/h8H,6-7,14H2,1-5H3. The number of esters is 1. The number of ether oxygens (including phenoxy) is 1. The summed E-state index contributed by atoms with van der Waals surface area (Å²) in [6, 6.07) is -0.101. The van der Waals surface area contributed by atoms with E-state index in [-0.39, 0.29) is 25.0 Å². The molecule has 0 aliphatic carbocycles. The molecule has 0 bridgehead atoms. The molecule has 7 nitrogen and oxygen atoms in total. The van der Waals surface area contributed by atoms with Crippen molar-refractivity contribution in [1.82, 2.24) is 14.7 Å². The van der Waals surface area contributed by atoms with Crippen LogP contribution in [0.15, 0.2) is 0 Å². The average Bonchev–Trinajstić information content (AvgIpc) is 2.62. The first-order valence-corrected chi connectivity index (χ1v) is 6.43. The third kappa shape index (κ3) is 3.49. The van der Waals surface area contributed by atoms with Crippen LogP contribution in [0.5, 0.6) is 0 Å². The molecule has 0 aliphatic rings. The van der Waals surface area contributed by atoms with E-state index in [0.717, 1.165) is 5.69 Å². The van der Waals surface area contributed by atoms with Crippen molar-refractivity contribution in [3.63, 3.8) is 0 Å². The molecule has 0 aromatic carbocycles. The van der Waals surface area contributed by atoms with Crippen LogP contribution in [-0.4, -0.2) is 46.3 Å². The normalized spacial score (nSPS) is 10.7. The Hall–Kier alpha value is -2.05. The van der Waals surface area contributed by atoms with Gasteiger partial charge in [0.25, 0.3) is 0 Å². The number of aromatic nitrogens is 2. The van der Waals surface area contributed by atoms with Crippen LogP contribution < -0.4 is 5.73 Å². The summed E-state index contributed by atoms with van der Waals surface area (Å²) in [6.45, 7) is 7.27. The Labute approximate surface area is 118 Å². The zero-order chi connectivity index (χ0) is 15.4. The molecule has 112 valence electrons. The first kappa shape index (κ1) is 16.0. The van der Waals surface area contributed by atoms with E-state index in [1.807, 2.05) is 20.8 Å². The highest BCUT2D eigenvalue weighted by atomic mass is 16.5. The number of anilines is 1. The summed E-state index contributed by atoms with van der Waals surface area (Å²) in [7, 11) is 1.30. The quantitative estimate of drug-likeness (QED) is 0.794. The largest absolute Gasteiger partial charge is 0.468 e. The Balaban J connectivity index is 2.85. The number of nitrogens with two attached hydrogens (primary N) is 1. The van der Waals surface area contributed by atoms with Gasteiger partial charge >= 0.3 is 5.97 Å². The van der Waals surface area contributed by atoms with Crippen molar-refractivity contribution >= 4 is 17.6 Å². The molecule has 1 amide bonds. The highest BCUT2D eigenvalue weighted by Gasteiger charge is 2.22. The fourth-order valence-corrected chi connectivity index (χ4v) is 1.85. The van der Waals surface area contributed by atoms with Gasteiger partial charge in [0.05, 0.1) is 24.2 Å². The van der Waals surface area contributed by atoms with Crippen molar-refractivity contribution in [1.29, 1.82) is 0 Å². The van der Waals surface area contributed by atoms with Crippen LogP contribution >= 0.6 is 0 Å². The summed E-state index contributed by atoms with van der Waals surface area (Å²) < 4.78 is 6.16. The second-order valence-corrected chi connectivity index (χ2v) is 4.93. The molecule has 0 saturated heterocycles. The number of nitrogens with zero attached hydrogens (tertiary/aromatic N) is 3. The van der Waals surface area contributed by atoms with Gasteiger partial charge in [-0.3, -0.25) is 14.3 Å². The first-order valence-electron chi connectivity index (χ1n) is 6.43. The predicted molar refractivity (Wildman–Crippen MR) is 75.0 cm³/mol. The minimum Gasteiger partial charge on any atom is -0.468 e. The molecule has 0 atom stereocenters. The average molecular weight is 282 g/mol. The number of rotatable bonds is 5. The van der Waals surface area contributed by atoms with E-state index in [9.17, 15) is 9.59 Å². The summed E-state index contributed by atoms with van der Waals surface area (Å²) in [4.78, 5) is 25.1. The molecule has 2 N–H and O–H groups in total. The molecule has 7 heteroatoms. The lowest BCUT2D eigenvalue weighted by molar-refractivity contribution is -0.148. The summed E-state index contributed by atoms with van der Waals surface area (Å²) in [5.41, 5.74) is 7.86. The highest BCUT2D eigenvalue weighted by molar-refractivity contribution is 5.82. The molecule has 0 unspecified atom stereocenters. The van der Waals surface area contributed by atoms with E-state index in [4.69, 9.17) is 5.73 Å². The molecule has 1 aromatic rings. The third-order valence-electron chi connectivity index (χ3n) is 3.19. The predicted octanol–water partition coefficient (Wildman–Crippen LogP) is 0.492. The molecular formula is C13H22N4O3. The van der Waals surface area contributed by atoms with E-state index in [0.29, 0.717) is 11.4 Å². The van der Waals surface area contributed by atoms with Gasteiger partial charge in [-0.2, -0.15) is 5.10 Å². The first-order chi connectivity index (χ1) is 9.27. The Morgan fingerprint density at radius 2 is 2.00 bits per heavy atom. The molecule has 0 saturated carbocycles. The van der Waals surface area contributed by atoms with Crippen LogP contribution in [0.4, 0.5) is 5.69 Å². The van der Waals surface area contributed by atoms with E-state index >= 15 is 0 Å². The van der Waals surface area contributed by atoms with Crippen LogP contribution in [0.1, 0.15) is 25.2 Å². The highest BCUT2D eigenvalue weighted by Crippen LogP contribution is 2.15. The molecule has 0 aliphatic heterocycles. The molecule has 20 heavy (non-hydrogen) atoms. The molecule has 0 radical (unpaired) electrons. The number of carbonyl (C=O) groups is 2. The van der Waals surface area contributed by atoms with E-state index in [2.05, 4.69) is 9.84 Å². The van der Waals surface area contributed by atoms with E-state index < -0.39 is 5.97 Å². The van der Waals surface area contributed by atoms with Crippen LogP contribution in [0, 0.1) is 13.8 Å². The number of methoxy groups -OCH3 is 1. The fourth-order valence-electron chi connectivity index (χ4n) is 1.85. The van der Waals surface area contributed by atoms with Crippen LogP contribution in [0.2, 0.25) is 0 Å². The van der Waals surface area contributed by atoms with Crippen molar-refractivity contribution < 1.29 is 14.3 Å². The van der Waals surface area contributed by atoms with Crippen LogP contribution in [0.25, 0.3) is 0 Å². The second-order valence-electron chi connectivity index (χ2n) is 4.93. The summed E-state index contributed by atoms with van der Waals surface area (Å²) in [5.74, 6) is -0.643. The molecule has 1 aromatic heterocycles. The van der Waals surface area contributed by atoms with Gasteiger partial charge in [0.1, 0.15) is 13.1 Å². The maximum absolute atomic E-state index is 12.3. The van der Waals surface area contributed by atoms with Gasteiger partial charge < -0.3 is 15.4 Å². The zero-order valence-corrected chi connectivity index (χ0v) is 12.6. The van der Waals surface area contributed by atoms with Gasteiger partial charge in [-0.15, -0.1) is 0 Å². The van der Waals surface area contributed by atoms with Gasteiger partial charge in [-0.25, -0.2) is 0 Å². The topological polar surface area (TPSA) is 90.5 Å². The van der Waals surface area contributed by atoms with Crippen molar-refractivity contribution in [2.24, 2.45) is 0 Å². The maximum atomic E-state index is 12.3.